The van der Waals surface area contributed by atoms with Gasteiger partial charge in [0, 0.05) is 5.56 Å². The number of nitrogens with one attached hydrogen (secondary N) is 2. The van der Waals surface area contributed by atoms with Crippen molar-refractivity contribution in [2.75, 3.05) is 26.0 Å². The maximum atomic E-state index is 12.9. The molecule has 122 valence electrons. The van der Waals surface area contributed by atoms with Gasteiger partial charge in [0.15, 0.2) is 6.54 Å². The van der Waals surface area contributed by atoms with Crippen molar-refractivity contribution in [3.63, 3.8) is 0 Å². The Morgan fingerprint density at radius 3 is 2.57 bits per heavy atom. The average molecular weight is 317 g/mol. The molecule has 0 radical (unpaired) electrons. The molecule has 2 rings (SSSR count). The Hall–Kier alpha value is -2.40. The number of aryl methyl sites for hydroxylation is 1. The monoisotopic (exact) mass is 317 g/mol. The van der Waals surface area contributed by atoms with Crippen LogP contribution in [0.4, 0.5) is 10.1 Å². The minimum absolute atomic E-state index is 0.0893. The molecule has 0 aliphatic heterocycles. The number of hydrogen-bond donors (Lipinski definition) is 2. The molecule has 5 heteroatoms. The summed E-state index contributed by atoms with van der Waals surface area (Å²) in [4.78, 5) is 13.2. The second-order valence-electron chi connectivity index (χ2n) is 5.69. The molecular weight excluding hydrogens is 295 g/mol. The van der Waals surface area contributed by atoms with Crippen molar-refractivity contribution in [1.82, 2.24) is 0 Å². The normalized spacial score (nSPS) is 11.8. The lowest BCUT2D eigenvalue weighted by Crippen LogP contribution is -3.08. The first-order valence-electron chi connectivity index (χ1n) is 7.48. The number of likely N-dealkylation sites (N-methyl/N-ethyl adjacent to an activating group) is 1. The van der Waals surface area contributed by atoms with Crippen LogP contribution >= 0.6 is 0 Å². The van der Waals surface area contributed by atoms with Gasteiger partial charge in [-0.25, -0.2) is 4.39 Å². The number of methoxy groups -OCH3 is 1. The van der Waals surface area contributed by atoms with Crippen LogP contribution in [0, 0.1) is 12.7 Å². The van der Waals surface area contributed by atoms with Gasteiger partial charge >= 0.3 is 0 Å². The third kappa shape index (κ3) is 5.07. The average Bonchev–Trinajstić information content (AvgIpc) is 2.49. The lowest BCUT2D eigenvalue weighted by Gasteiger charge is -2.15. The zero-order valence-corrected chi connectivity index (χ0v) is 13.7. The van der Waals surface area contributed by atoms with Crippen LogP contribution in [0.3, 0.4) is 0 Å². The maximum absolute atomic E-state index is 12.9. The van der Waals surface area contributed by atoms with Crippen LogP contribution in [0.2, 0.25) is 0 Å². The van der Waals surface area contributed by atoms with Gasteiger partial charge < -0.3 is 15.0 Å². The second-order valence-corrected chi connectivity index (χ2v) is 5.69. The standard InChI is InChI=1S/C18H21FN2O2/c1-13-4-9-17(23-3)16(10-13)20-18(22)12-21(2)11-14-5-7-15(19)8-6-14/h4-10H,11-12H2,1-3H3,(H,20,22)/p+1. The molecule has 0 fully saturated rings. The van der Waals surface area contributed by atoms with Crippen molar-refractivity contribution in [3.8, 4) is 5.75 Å². The van der Waals surface area contributed by atoms with Gasteiger partial charge in [0.25, 0.3) is 5.91 Å². The van der Waals surface area contributed by atoms with Gasteiger partial charge in [-0.15, -0.1) is 0 Å². The predicted octanol–water partition coefficient (Wildman–Crippen LogP) is 1.80. The summed E-state index contributed by atoms with van der Waals surface area (Å²) < 4.78 is 18.2. The first-order chi connectivity index (χ1) is 11.0. The molecule has 0 heterocycles. The molecule has 0 aromatic heterocycles. The molecule has 1 unspecified atom stereocenters. The number of rotatable bonds is 6. The summed E-state index contributed by atoms with van der Waals surface area (Å²) in [5, 5.41) is 2.88. The van der Waals surface area contributed by atoms with E-state index in [1.165, 1.54) is 12.1 Å². The number of ether oxygens (including phenoxy) is 1. The molecule has 0 bridgehead atoms. The predicted molar refractivity (Wildman–Crippen MR) is 88.2 cm³/mol. The summed E-state index contributed by atoms with van der Waals surface area (Å²) in [7, 11) is 3.50. The number of quaternary nitrogens is 1. The summed E-state index contributed by atoms with van der Waals surface area (Å²) >= 11 is 0. The fourth-order valence-corrected chi connectivity index (χ4v) is 2.40. The van der Waals surface area contributed by atoms with Gasteiger partial charge in [-0.05, 0) is 36.8 Å². The van der Waals surface area contributed by atoms with Crippen molar-refractivity contribution in [2.45, 2.75) is 13.5 Å². The second kappa shape index (κ2) is 7.74. The Morgan fingerprint density at radius 2 is 1.91 bits per heavy atom. The Labute approximate surface area is 135 Å². The molecule has 0 spiro atoms. The van der Waals surface area contributed by atoms with E-state index in [4.69, 9.17) is 4.74 Å². The van der Waals surface area contributed by atoms with E-state index >= 15 is 0 Å². The van der Waals surface area contributed by atoms with Gasteiger partial charge in [0.05, 0.1) is 19.8 Å². The lowest BCUT2D eigenvalue weighted by atomic mass is 10.2. The number of amides is 1. The number of anilines is 1. The maximum Gasteiger partial charge on any atom is 0.279 e. The van der Waals surface area contributed by atoms with E-state index in [0.717, 1.165) is 16.0 Å². The SMILES string of the molecule is COc1ccc(C)cc1NC(=O)C[NH+](C)Cc1ccc(F)cc1. The molecule has 2 aromatic rings. The fourth-order valence-electron chi connectivity index (χ4n) is 2.40. The van der Waals surface area contributed by atoms with Crippen molar-refractivity contribution >= 4 is 11.6 Å². The zero-order valence-electron chi connectivity index (χ0n) is 13.7. The molecule has 2 aromatic carbocycles. The summed E-state index contributed by atoms with van der Waals surface area (Å²) in [6.07, 6.45) is 0. The number of carbonyl (C=O) groups is 1. The van der Waals surface area contributed by atoms with E-state index in [1.807, 2.05) is 32.2 Å². The van der Waals surface area contributed by atoms with Crippen molar-refractivity contribution in [1.29, 1.82) is 0 Å². The van der Waals surface area contributed by atoms with Crippen molar-refractivity contribution in [2.24, 2.45) is 0 Å². The summed E-state index contributed by atoms with van der Waals surface area (Å²) in [6.45, 7) is 2.92. The van der Waals surface area contributed by atoms with Crippen LogP contribution in [0.5, 0.6) is 5.75 Å². The van der Waals surface area contributed by atoms with Crippen molar-refractivity contribution < 1.29 is 18.8 Å². The first kappa shape index (κ1) is 17.0. The van der Waals surface area contributed by atoms with E-state index in [-0.39, 0.29) is 11.7 Å². The highest BCUT2D eigenvalue weighted by molar-refractivity contribution is 5.93. The Kier molecular flexibility index (Phi) is 5.71. The van der Waals surface area contributed by atoms with Gasteiger partial charge in [0.2, 0.25) is 0 Å². The van der Waals surface area contributed by atoms with Gasteiger partial charge in [0.1, 0.15) is 18.1 Å². The van der Waals surface area contributed by atoms with Crippen LogP contribution in [-0.4, -0.2) is 26.6 Å². The van der Waals surface area contributed by atoms with Crippen molar-refractivity contribution in [3.05, 3.63) is 59.4 Å². The minimum atomic E-state index is -0.254. The number of halogens is 1. The number of benzene rings is 2. The number of hydrogen-bond acceptors (Lipinski definition) is 2. The molecule has 0 saturated carbocycles. The summed E-state index contributed by atoms with van der Waals surface area (Å²) in [6, 6.07) is 12.0. The summed E-state index contributed by atoms with van der Waals surface area (Å²) in [5.74, 6) is 0.296. The highest BCUT2D eigenvalue weighted by Gasteiger charge is 2.13. The molecule has 1 amide bonds. The molecule has 0 aliphatic carbocycles. The third-order valence-electron chi connectivity index (χ3n) is 3.51. The molecule has 0 aliphatic rings. The third-order valence-corrected chi connectivity index (χ3v) is 3.51. The molecular formula is C18H22FN2O2+. The van der Waals surface area contributed by atoms with Gasteiger partial charge in [-0.2, -0.15) is 0 Å². The molecule has 0 saturated heterocycles. The Balaban J connectivity index is 1.94. The summed E-state index contributed by atoms with van der Waals surface area (Å²) in [5.41, 5.74) is 2.71. The van der Waals surface area contributed by atoms with Crippen LogP contribution in [0.1, 0.15) is 11.1 Å². The zero-order chi connectivity index (χ0) is 16.8. The van der Waals surface area contributed by atoms with E-state index in [9.17, 15) is 9.18 Å². The highest BCUT2D eigenvalue weighted by atomic mass is 19.1. The molecule has 1 atom stereocenters. The van der Waals surface area contributed by atoms with E-state index in [2.05, 4.69) is 5.32 Å². The van der Waals surface area contributed by atoms with Crippen LogP contribution in [0.15, 0.2) is 42.5 Å². The largest absolute Gasteiger partial charge is 0.495 e. The van der Waals surface area contributed by atoms with Gasteiger partial charge in [-0.1, -0.05) is 18.2 Å². The van der Waals surface area contributed by atoms with E-state index in [0.29, 0.717) is 24.5 Å². The van der Waals surface area contributed by atoms with Crippen LogP contribution in [0.25, 0.3) is 0 Å². The van der Waals surface area contributed by atoms with E-state index in [1.54, 1.807) is 19.2 Å². The minimum Gasteiger partial charge on any atom is -0.495 e. The highest BCUT2D eigenvalue weighted by Crippen LogP contribution is 2.24. The quantitative estimate of drug-likeness (QED) is 0.853. The topological polar surface area (TPSA) is 42.8 Å². The fraction of sp³-hybridized carbons (Fsp3) is 0.278. The number of carbonyl (C=O) groups excluding carboxylic acids is 1. The van der Waals surface area contributed by atoms with Crippen LogP contribution < -0.4 is 15.0 Å². The molecule has 4 nitrogen and oxygen atoms in total. The van der Waals surface area contributed by atoms with E-state index < -0.39 is 0 Å². The molecule has 23 heavy (non-hydrogen) atoms. The smallest absolute Gasteiger partial charge is 0.279 e. The van der Waals surface area contributed by atoms with Crippen LogP contribution in [-0.2, 0) is 11.3 Å². The Morgan fingerprint density at radius 1 is 1.22 bits per heavy atom. The first-order valence-corrected chi connectivity index (χ1v) is 7.48. The van der Waals surface area contributed by atoms with Gasteiger partial charge in [-0.3, -0.25) is 4.79 Å². The Bertz CT molecular complexity index is 671. The lowest BCUT2D eigenvalue weighted by molar-refractivity contribution is -0.885. The molecule has 2 N–H and O–H groups in total.